The van der Waals surface area contributed by atoms with Gasteiger partial charge < -0.3 is 15.5 Å². The molecule has 0 spiro atoms. The average Bonchev–Trinajstić information content (AvgIpc) is 3.21. The maximum Gasteiger partial charge on any atom is 0.237 e. The van der Waals surface area contributed by atoms with Crippen molar-refractivity contribution in [2.75, 3.05) is 25.0 Å². The lowest BCUT2D eigenvalue weighted by Gasteiger charge is -2.26. The first-order valence-corrected chi connectivity index (χ1v) is 9.75. The Morgan fingerprint density at radius 3 is 2.77 bits per heavy atom. The molecule has 2 fully saturated rings. The van der Waals surface area contributed by atoms with Crippen LogP contribution in [0.4, 0.5) is 5.69 Å². The summed E-state index contributed by atoms with van der Waals surface area (Å²) in [5, 5.41) is 15.8. The number of carbonyl (C=O) groups excluding carboxylic acids is 1. The molecular weight excluding hydrogens is 324 g/mol. The van der Waals surface area contributed by atoms with E-state index in [1.165, 1.54) is 0 Å². The van der Waals surface area contributed by atoms with Gasteiger partial charge in [-0.15, -0.1) is 0 Å². The van der Waals surface area contributed by atoms with E-state index in [9.17, 15) is 10.1 Å². The van der Waals surface area contributed by atoms with E-state index in [-0.39, 0.29) is 18.0 Å². The van der Waals surface area contributed by atoms with Gasteiger partial charge >= 0.3 is 0 Å². The summed E-state index contributed by atoms with van der Waals surface area (Å²) < 4.78 is 0. The van der Waals surface area contributed by atoms with Crippen molar-refractivity contribution in [3.8, 4) is 6.07 Å². The van der Waals surface area contributed by atoms with Crippen molar-refractivity contribution < 1.29 is 4.79 Å². The topological polar surface area (TPSA) is 68.2 Å². The van der Waals surface area contributed by atoms with Crippen LogP contribution in [-0.2, 0) is 4.79 Å². The highest BCUT2D eigenvalue weighted by atomic mass is 16.2. The molecule has 3 rings (SSSR count). The lowest BCUT2D eigenvalue weighted by molar-refractivity contribution is -0.124. The molecule has 1 aromatic carbocycles. The van der Waals surface area contributed by atoms with Gasteiger partial charge in [0.25, 0.3) is 0 Å². The van der Waals surface area contributed by atoms with Crippen molar-refractivity contribution in [1.29, 1.82) is 5.26 Å². The number of rotatable bonds is 6. The summed E-state index contributed by atoms with van der Waals surface area (Å²) in [6.45, 7) is 6.19. The standard InChI is InChI=1S/C21H30N4O/c1-14(2)10-19(23-3)21(26)24-18-9-8-16-12-25(13-17(16)18)20-7-5-4-6-15(20)11-22/h4-7,14,16-19,23H,8-10,12-13H2,1-3H3,(H,24,26)/t16-,17+,18+,19+/m1/s1. The number of likely N-dealkylation sites (N-methyl/N-ethyl adjacent to an activating group) is 1. The lowest BCUT2D eigenvalue weighted by Crippen LogP contribution is -2.49. The Morgan fingerprint density at radius 2 is 2.08 bits per heavy atom. The number of hydrogen-bond acceptors (Lipinski definition) is 4. The summed E-state index contributed by atoms with van der Waals surface area (Å²) in [6, 6.07) is 10.2. The van der Waals surface area contributed by atoms with E-state index in [2.05, 4.69) is 35.5 Å². The zero-order chi connectivity index (χ0) is 18.7. The third kappa shape index (κ3) is 3.86. The fourth-order valence-electron chi connectivity index (χ4n) is 4.60. The maximum atomic E-state index is 12.7. The second kappa shape index (κ2) is 8.09. The van der Waals surface area contributed by atoms with Crippen LogP contribution in [0.25, 0.3) is 0 Å². The van der Waals surface area contributed by atoms with E-state index < -0.39 is 0 Å². The molecule has 0 aromatic heterocycles. The summed E-state index contributed by atoms with van der Waals surface area (Å²) in [6.07, 6.45) is 3.06. The minimum Gasteiger partial charge on any atom is -0.370 e. The second-order valence-corrected chi connectivity index (χ2v) is 8.12. The normalized spacial score (nSPS) is 25.8. The molecule has 1 aliphatic carbocycles. The molecule has 26 heavy (non-hydrogen) atoms. The molecule has 5 nitrogen and oxygen atoms in total. The minimum absolute atomic E-state index is 0.120. The van der Waals surface area contributed by atoms with E-state index >= 15 is 0 Å². The van der Waals surface area contributed by atoms with E-state index in [4.69, 9.17) is 0 Å². The first kappa shape index (κ1) is 18.7. The fourth-order valence-corrected chi connectivity index (χ4v) is 4.60. The molecule has 0 unspecified atom stereocenters. The van der Waals surface area contributed by atoms with Gasteiger partial charge in [-0.2, -0.15) is 5.26 Å². The van der Waals surface area contributed by atoms with Crippen LogP contribution in [0.2, 0.25) is 0 Å². The predicted octanol–water partition coefficient (Wildman–Crippen LogP) is 2.52. The fraction of sp³-hybridized carbons (Fsp3) is 0.619. The molecule has 1 saturated heterocycles. The van der Waals surface area contributed by atoms with Crippen molar-refractivity contribution in [3.05, 3.63) is 29.8 Å². The number of hydrogen-bond donors (Lipinski definition) is 2. The van der Waals surface area contributed by atoms with E-state index in [1.54, 1.807) is 0 Å². The van der Waals surface area contributed by atoms with Crippen LogP contribution in [-0.4, -0.2) is 38.1 Å². The van der Waals surface area contributed by atoms with Crippen LogP contribution in [0.1, 0.15) is 38.7 Å². The summed E-state index contributed by atoms with van der Waals surface area (Å²) in [4.78, 5) is 15.0. The van der Waals surface area contributed by atoms with Gasteiger partial charge in [-0.05, 0) is 50.3 Å². The van der Waals surface area contributed by atoms with Crippen LogP contribution >= 0.6 is 0 Å². The number of nitrogens with zero attached hydrogens (tertiary/aromatic N) is 2. The highest BCUT2D eigenvalue weighted by Gasteiger charge is 2.43. The Labute approximate surface area is 156 Å². The van der Waals surface area contributed by atoms with E-state index in [0.29, 0.717) is 17.8 Å². The van der Waals surface area contributed by atoms with E-state index in [1.807, 2.05) is 31.3 Å². The molecule has 2 aliphatic rings. The van der Waals surface area contributed by atoms with Crippen molar-refractivity contribution in [2.45, 2.75) is 45.2 Å². The van der Waals surface area contributed by atoms with Gasteiger partial charge in [0.05, 0.1) is 17.3 Å². The Balaban J connectivity index is 1.65. The number of para-hydroxylation sites is 1. The number of benzene rings is 1. The zero-order valence-electron chi connectivity index (χ0n) is 16.0. The number of fused-ring (bicyclic) bond motifs is 1. The molecule has 0 radical (unpaired) electrons. The Morgan fingerprint density at radius 1 is 1.31 bits per heavy atom. The predicted molar refractivity (Wildman–Crippen MR) is 104 cm³/mol. The summed E-state index contributed by atoms with van der Waals surface area (Å²) in [5.41, 5.74) is 1.77. The van der Waals surface area contributed by atoms with Crippen LogP contribution in [0.5, 0.6) is 0 Å². The van der Waals surface area contributed by atoms with Gasteiger partial charge in [0.15, 0.2) is 0 Å². The minimum atomic E-state index is -0.120. The zero-order valence-corrected chi connectivity index (χ0v) is 16.0. The van der Waals surface area contributed by atoms with Crippen molar-refractivity contribution in [2.24, 2.45) is 17.8 Å². The Kier molecular flexibility index (Phi) is 5.83. The first-order chi connectivity index (χ1) is 12.5. The molecule has 1 heterocycles. The van der Waals surface area contributed by atoms with Crippen LogP contribution in [0.3, 0.4) is 0 Å². The van der Waals surface area contributed by atoms with Gasteiger partial charge in [-0.1, -0.05) is 26.0 Å². The van der Waals surface area contributed by atoms with Crippen molar-refractivity contribution in [1.82, 2.24) is 10.6 Å². The van der Waals surface area contributed by atoms with Crippen LogP contribution in [0, 0.1) is 29.1 Å². The molecule has 140 valence electrons. The quantitative estimate of drug-likeness (QED) is 0.824. The third-order valence-corrected chi connectivity index (χ3v) is 5.92. The molecule has 0 bridgehead atoms. The maximum absolute atomic E-state index is 12.7. The Bertz CT molecular complexity index is 681. The van der Waals surface area contributed by atoms with E-state index in [0.717, 1.165) is 43.6 Å². The van der Waals surface area contributed by atoms with Crippen molar-refractivity contribution in [3.63, 3.8) is 0 Å². The highest BCUT2D eigenvalue weighted by molar-refractivity contribution is 5.82. The van der Waals surface area contributed by atoms with Crippen LogP contribution < -0.4 is 15.5 Å². The molecule has 1 saturated carbocycles. The molecular formula is C21H30N4O. The van der Waals surface area contributed by atoms with Crippen LogP contribution in [0.15, 0.2) is 24.3 Å². The number of carbonyl (C=O) groups is 1. The summed E-state index contributed by atoms with van der Waals surface area (Å²) >= 11 is 0. The summed E-state index contributed by atoms with van der Waals surface area (Å²) in [7, 11) is 1.86. The number of anilines is 1. The van der Waals surface area contributed by atoms with Gasteiger partial charge in [-0.25, -0.2) is 0 Å². The molecule has 1 aromatic rings. The van der Waals surface area contributed by atoms with Gasteiger partial charge in [0, 0.05) is 25.0 Å². The highest BCUT2D eigenvalue weighted by Crippen LogP contribution is 2.40. The first-order valence-electron chi connectivity index (χ1n) is 9.75. The molecule has 2 N–H and O–H groups in total. The number of amides is 1. The number of nitriles is 1. The number of nitrogens with one attached hydrogen (secondary N) is 2. The van der Waals surface area contributed by atoms with Gasteiger partial charge in [0.2, 0.25) is 5.91 Å². The van der Waals surface area contributed by atoms with Gasteiger partial charge in [0.1, 0.15) is 6.07 Å². The third-order valence-electron chi connectivity index (χ3n) is 5.92. The molecule has 5 heteroatoms. The Hall–Kier alpha value is -2.06. The SMILES string of the molecule is CN[C@@H](CC(C)C)C(=O)N[C@H]1CC[C@@H]2CN(c3ccccc3C#N)C[C@@H]21. The average molecular weight is 354 g/mol. The lowest BCUT2D eigenvalue weighted by atomic mass is 9.97. The second-order valence-electron chi connectivity index (χ2n) is 8.12. The molecule has 1 aliphatic heterocycles. The van der Waals surface area contributed by atoms with Crippen molar-refractivity contribution >= 4 is 11.6 Å². The largest absolute Gasteiger partial charge is 0.370 e. The molecule has 1 amide bonds. The monoisotopic (exact) mass is 354 g/mol. The van der Waals surface area contributed by atoms with Gasteiger partial charge in [-0.3, -0.25) is 4.79 Å². The molecule has 4 atom stereocenters. The summed E-state index contributed by atoms with van der Waals surface area (Å²) in [5.74, 6) is 1.69. The smallest absolute Gasteiger partial charge is 0.237 e.